The maximum absolute atomic E-state index is 12.5. The van der Waals surface area contributed by atoms with Gasteiger partial charge in [-0.25, -0.2) is 0 Å². The van der Waals surface area contributed by atoms with Crippen LogP contribution in [0.15, 0.2) is 12.1 Å². The Hall–Kier alpha value is -1.33. The molecule has 1 aromatic carbocycles. The maximum Gasteiger partial charge on any atom is 0.495 e. The second kappa shape index (κ2) is 5.33. The molecule has 3 rings (SSSR count). The lowest BCUT2D eigenvalue weighted by atomic mass is 9.74. The van der Waals surface area contributed by atoms with Crippen LogP contribution in [0.5, 0.6) is 5.75 Å². The number of benzene rings is 1. The molecule has 2 heterocycles. The third kappa shape index (κ3) is 2.78. The molecular formula is C19H27BO4. The van der Waals surface area contributed by atoms with Gasteiger partial charge in [-0.3, -0.25) is 4.79 Å². The summed E-state index contributed by atoms with van der Waals surface area (Å²) in [6.45, 7) is 14.1. The van der Waals surface area contributed by atoms with Crippen molar-refractivity contribution < 1.29 is 18.8 Å². The zero-order valence-electron chi connectivity index (χ0n) is 15.8. The number of hydrogen-bond acceptors (Lipinski definition) is 4. The molecule has 1 aromatic rings. The Balaban J connectivity index is 2.05. The largest absolute Gasteiger partial charge is 0.495 e. The van der Waals surface area contributed by atoms with Gasteiger partial charge in [-0.05, 0) is 71.1 Å². The molecule has 0 saturated carbocycles. The van der Waals surface area contributed by atoms with Crippen LogP contribution >= 0.6 is 0 Å². The lowest BCUT2D eigenvalue weighted by molar-refractivity contribution is 0.00578. The molecular weight excluding hydrogens is 303 g/mol. The standard InChI is InChI=1S/C19H27BO4/c1-8-12-9-13-15(21)11-17(2,3)22-16(13)10-14(12)20-23-18(4,5)19(6,7)24-20/h9-10H,8,11H2,1-7H3. The average molecular weight is 330 g/mol. The Labute approximate surface area is 145 Å². The predicted octanol–water partition coefficient (Wildman–Crippen LogP) is 3.29. The van der Waals surface area contributed by atoms with Gasteiger partial charge in [0.2, 0.25) is 0 Å². The minimum absolute atomic E-state index is 0.136. The summed E-state index contributed by atoms with van der Waals surface area (Å²) >= 11 is 0. The average Bonchev–Trinajstić information content (AvgIpc) is 2.65. The van der Waals surface area contributed by atoms with Gasteiger partial charge in [0, 0.05) is 0 Å². The molecule has 0 bridgehead atoms. The number of fused-ring (bicyclic) bond motifs is 1. The number of Topliss-reactive ketones (excluding diaryl/α,β-unsaturated/α-hetero) is 1. The van der Waals surface area contributed by atoms with Crippen LogP contribution in [0.3, 0.4) is 0 Å². The summed E-state index contributed by atoms with van der Waals surface area (Å²) in [6, 6.07) is 3.89. The van der Waals surface area contributed by atoms with E-state index in [0.29, 0.717) is 17.7 Å². The molecule has 130 valence electrons. The maximum atomic E-state index is 12.5. The summed E-state index contributed by atoms with van der Waals surface area (Å²) in [5, 5.41) is 0. The minimum atomic E-state index is -0.481. The van der Waals surface area contributed by atoms with Crippen molar-refractivity contribution in [3.8, 4) is 5.75 Å². The van der Waals surface area contributed by atoms with Gasteiger partial charge in [0.25, 0.3) is 0 Å². The molecule has 0 radical (unpaired) electrons. The van der Waals surface area contributed by atoms with Gasteiger partial charge < -0.3 is 14.0 Å². The number of ether oxygens (including phenoxy) is 1. The highest BCUT2D eigenvalue weighted by Gasteiger charge is 2.52. The van der Waals surface area contributed by atoms with Gasteiger partial charge in [0.05, 0.1) is 23.2 Å². The van der Waals surface area contributed by atoms with Crippen LogP contribution in [-0.4, -0.2) is 29.7 Å². The highest BCUT2D eigenvalue weighted by Crippen LogP contribution is 2.38. The Morgan fingerprint density at radius 3 is 2.17 bits per heavy atom. The Morgan fingerprint density at radius 2 is 1.62 bits per heavy atom. The molecule has 0 atom stereocenters. The van der Waals surface area contributed by atoms with Crippen molar-refractivity contribution >= 4 is 18.4 Å². The SMILES string of the molecule is CCc1cc2c(cc1B1OC(C)(C)C(C)(C)O1)OC(C)(C)CC2=O. The zero-order chi connectivity index (χ0) is 17.9. The van der Waals surface area contributed by atoms with E-state index in [0.717, 1.165) is 17.4 Å². The van der Waals surface area contributed by atoms with E-state index in [2.05, 4.69) is 6.92 Å². The molecule has 1 saturated heterocycles. The van der Waals surface area contributed by atoms with Gasteiger partial charge in [0.15, 0.2) is 5.78 Å². The zero-order valence-corrected chi connectivity index (χ0v) is 15.8. The molecule has 2 aliphatic rings. The van der Waals surface area contributed by atoms with Crippen LogP contribution in [0.1, 0.15) is 70.8 Å². The van der Waals surface area contributed by atoms with E-state index < -0.39 is 23.9 Å². The monoisotopic (exact) mass is 330 g/mol. The Morgan fingerprint density at radius 1 is 1.04 bits per heavy atom. The van der Waals surface area contributed by atoms with Crippen molar-refractivity contribution in [2.24, 2.45) is 0 Å². The fourth-order valence-electron chi connectivity index (χ4n) is 3.25. The van der Waals surface area contributed by atoms with Crippen molar-refractivity contribution in [1.82, 2.24) is 0 Å². The highest BCUT2D eigenvalue weighted by molar-refractivity contribution is 6.62. The first kappa shape index (κ1) is 17.5. The van der Waals surface area contributed by atoms with Gasteiger partial charge in [0.1, 0.15) is 11.4 Å². The molecule has 0 spiro atoms. The summed E-state index contributed by atoms with van der Waals surface area (Å²) in [5.41, 5.74) is 1.43. The van der Waals surface area contributed by atoms with E-state index in [-0.39, 0.29) is 5.78 Å². The van der Waals surface area contributed by atoms with Crippen LogP contribution in [0.4, 0.5) is 0 Å². The first-order valence-electron chi connectivity index (χ1n) is 8.70. The first-order chi connectivity index (χ1) is 11.0. The molecule has 4 nitrogen and oxygen atoms in total. The number of carbonyl (C=O) groups is 1. The summed E-state index contributed by atoms with van der Waals surface area (Å²) < 4.78 is 18.5. The molecule has 5 heteroatoms. The van der Waals surface area contributed by atoms with Crippen LogP contribution in [0.25, 0.3) is 0 Å². The van der Waals surface area contributed by atoms with Crippen molar-refractivity contribution in [1.29, 1.82) is 0 Å². The molecule has 0 unspecified atom stereocenters. The van der Waals surface area contributed by atoms with Crippen molar-refractivity contribution in [2.45, 2.75) is 78.1 Å². The normalized spacial score (nSPS) is 23.8. The number of rotatable bonds is 2. The third-order valence-electron chi connectivity index (χ3n) is 5.40. The van der Waals surface area contributed by atoms with E-state index in [9.17, 15) is 4.79 Å². The lowest BCUT2D eigenvalue weighted by Crippen LogP contribution is -2.41. The van der Waals surface area contributed by atoms with Crippen molar-refractivity contribution in [2.75, 3.05) is 0 Å². The molecule has 0 N–H and O–H groups in total. The second-order valence-electron chi connectivity index (χ2n) is 8.45. The molecule has 1 fully saturated rings. The minimum Gasteiger partial charge on any atom is -0.487 e. The predicted molar refractivity (Wildman–Crippen MR) is 95.2 cm³/mol. The van der Waals surface area contributed by atoms with Crippen LogP contribution in [0.2, 0.25) is 0 Å². The summed E-state index contributed by atoms with van der Waals surface area (Å²) in [4.78, 5) is 12.5. The number of carbonyl (C=O) groups excluding carboxylic acids is 1. The van der Waals surface area contributed by atoms with Crippen LogP contribution in [-0.2, 0) is 15.7 Å². The summed E-state index contributed by atoms with van der Waals surface area (Å²) in [7, 11) is -0.445. The smallest absolute Gasteiger partial charge is 0.487 e. The fourth-order valence-corrected chi connectivity index (χ4v) is 3.25. The van der Waals surface area contributed by atoms with E-state index >= 15 is 0 Å². The molecule has 24 heavy (non-hydrogen) atoms. The number of hydrogen-bond donors (Lipinski definition) is 0. The van der Waals surface area contributed by atoms with E-state index in [1.807, 2.05) is 53.7 Å². The lowest BCUT2D eigenvalue weighted by Gasteiger charge is -2.32. The number of ketones is 1. The van der Waals surface area contributed by atoms with E-state index in [4.69, 9.17) is 14.0 Å². The summed E-state index contributed by atoms with van der Waals surface area (Å²) in [5.74, 6) is 0.773. The van der Waals surface area contributed by atoms with Crippen molar-refractivity contribution in [3.63, 3.8) is 0 Å². The van der Waals surface area contributed by atoms with Gasteiger partial charge in [-0.15, -0.1) is 0 Å². The fraction of sp³-hybridized carbons (Fsp3) is 0.632. The molecule has 0 aliphatic carbocycles. The second-order valence-corrected chi connectivity index (χ2v) is 8.45. The van der Waals surface area contributed by atoms with E-state index in [1.165, 1.54) is 0 Å². The first-order valence-corrected chi connectivity index (χ1v) is 8.70. The topological polar surface area (TPSA) is 44.8 Å². The van der Waals surface area contributed by atoms with Crippen LogP contribution < -0.4 is 10.2 Å². The Kier molecular flexibility index (Phi) is 3.89. The van der Waals surface area contributed by atoms with Crippen molar-refractivity contribution in [3.05, 3.63) is 23.3 Å². The third-order valence-corrected chi connectivity index (χ3v) is 5.40. The quantitative estimate of drug-likeness (QED) is 0.781. The molecule has 2 aliphatic heterocycles. The Bertz CT molecular complexity index is 675. The highest BCUT2D eigenvalue weighted by atomic mass is 16.7. The summed E-state index contributed by atoms with van der Waals surface area (Å²) in [6.07, 6.45) is 1.21. The molecule has 0 aromatic heterocycles. The van der Waals surface area contributed by atoms with Crippen LogP contribution in [0, 0.1) is 0 Å². The van der Waals surface area contributed by atoms with Gasteiger partial charge in [-0.2, -0.15) is 0 Å². The number of aryl methyl sites for hydroxylation is 1. The molecule has 0 amide bonds. The van der Waals surface area contributed by atoms with E-state index in [1.54, 1.807) is 0 Å². The van der Waals surface area contributed by atoms with Gasteiger partial charge >= 0.3 is 7.12 Å². The van der Waals surface area contributed by atoms with Gasteiger partial charge in [-0.1, -0.05) is 6.92 Å².